The van der Waals surface area contributed by atoms with Gasteiger partial charge in [0, 0.05) is 5.56 Å². The highest BCUT2D eigenvalue weighted by atomic mass is 19.1. The van der Waals surface area contributed by atoms with Crippen LogP contribution in [0.4, 0.5) is 10.1 Å². The number of hydrogen-bond acceptors (Lipinski definition) is 7. The largest absolute Gasteiger partial charge is 0.482 e. The Kier molecular flexibility index (Phi) is 6.46. The number of para-hydroxylation sites is 1. The van der Waals surface area contributed by atoms with Gasteiger partial charge in [0.15, 0.2) is 6.61 Å². The molecule has 1 N–H and O–H groups in total. The summed E-state index contributed by atoms with van der Waals surface area (Å²) >= 11 is 0. The predicted molar refractivity (Wildman–Crippen MR) is 100 cm³/mol. The molecule has 0 radical (unpaired) electrons. The van der Waals surface area contributed by atoms with E-state index in [0.717, 1.165) is 4.80 Å². The minimum atomic E-state index is -0.529. The van der Waals surface area contributed by atoms with E-state index in [1.54, 1.807) is 37.3 Å². The fraction of sp³-hybridized carbons (Fsp3) is 0.211. The first kappa shape index (κ1) is 19.9. The van der Waals surface area contributed by atoms with Crippen molar-refractivity contribution in [1.29, 1.82) is 0 Å². The van der Waals surface area contributed by atoms with Gasteiger partial charge in [0.2, 0.25) is 11.7 Å². The predicted octanol–water partition coefficient (Wildman–Crippen LogP) is 2.06. The third-order valence-corrected chi connectivity index (χ3v) is 3.66. The number of amides is 1. The Labute approximate surface area is 165 Å². The second-order valence-corrected chi connectivity index (χ2v) is 5.79. The Morgan fingerprint density at radius 1 is 1.14 bits per heavy atom. The van der Waals surface area contributed by atoms with Crippen LogP contribution < -0.4 is 10.1 Å². The highest BCUT2D eigenvalue weighted by molar-refractivity contribution is 5.90. The molecule has 2 aromatic carbocycles. The number of anilines is 1. The quantitative estimate of drug-likeness (QED) is 0.578. The molecule has 0 aliphatic rings. The third kappa shape index (κ3) is 5.58. The minimum absolute atomic E-state index is 0.0799. The third-order valence-electron chi connectivity index (χ3n) is 3.66. The number of carbonyl (C=O) groups excluding carboxylic acids is 2. The van der Waals surface area contributed by atoms with E-state index in [-0.39, 0.29) is 18.8 Å². The second-order valence-electron chi connectivity index (χ2n) is 5.79. The average Bonchev–Trinajstić information content (AvgIpc) is 3.17. The van der Waals surface area contributed by atoms with Gasteiger partial charge >= 0.3 is 5.97 Å². The number of esters is 1. The molecule has 0 bridgehead atoms. The number of tetrazole rings is 1. The SMILES string of the molecule is CCOC(=O)COc1ccc(-c2nnn(CC(=O)Nc3ccccc3F)n2)cc1. The molecule has 1 amide bonds. The molecule has 10 heteroatoms. The summed E-state index contributed by atoms with van der Waals surface area (Å²) in [6.07, 6.45) is 0. The highest BCUT2D eigenvalue weighted by Crippen LogP contribution is 2.19. The van der Waals surface area contributed by atoms with E-state index in [1.807, 2.05) is 0 Å². The van der Waals surface area contributed by atoms with Crippen LogP contribution in [-0.4, -0.2) is 45.3 Å². The minimum Gasteiger partial charge on any atom is -0.482 e. The van der Waals surface area contributed by atoms with Crippen LogP contribution >= 0.6 is 0 Å². The van der Waals surface area contributed by atoms with Crippen molar-refractivity contribution in [3.05, 3.63) is 54.3 Å². The fourth-order valence-electron chi connectivity index (χ4n) is 2.35. The summed E-state index contributed by atoms with van der Waals surface area (Å²) in [5.74, 6) is -0.672. The van der Waals surface area contributed by atoms with E-state index in [1.165, 1.54) is 18.2 Å². The van der Waals surface area contributed by atoms with Gasteiger partial charge < -0.3 is 14.8 Å². The zero-order chi connectivity index (χ0) is 20.6. The first-order valence-corrected chi connectivity index (χ1v) is 8.76. The average molecular weight is 399 g/mol. The van der Waals surface area contributed by atoms with Crippen LogP contribution in [0.25, 0.3) is 11.4 Å². The van der Waals surface area contributed by atoms with E-state index in [0.29, 0.717) is 23.7 Å². The molecule has 150 valence electrons. The van der Waals surface area contributed by atoms with Gasteiger partial charge in [-0.1, -0.05) is 12.1 Å². The number of rotatable bonds is 8. The number of ether oxygens (including phenoxy) is 2. The maximum atomic E-state index is 13.6. The van der Waals surface area contributed by atoms with Gasteiger partial charge in [0.25, 0.3) is 0 Å². The molecule has 1 heterocycles. The molecular weight excluding hydrogens is 381 g/mol. The summed E-state index contributed by atoms with van der Waals surface area (Å²) in [5.41, 5.74) is 0.727. The zero-order valence-electron chi connectivity index (χ0n) is 15.5. The highest BCUT2D eigenvalue weighted by Gasteiger charge is 2.11. The lowest BCUT2D eigenvalue weighted by molar-refractivity contribution is -0.145. The van der Waals surface area contributed by atoms with Crippen molar-refractivity contribution in [1.82, 2.24) is 20.2 Å². The van der Waals surface area contributed by atoms with E-state index < -0.39 is 17.7 Å². The van der Waals surface area contributed by atoms with Gasteiger partial charge in [-0.25, -0.2) is 9.18 Å². The summed E-state index contributed by atoms with van der Waals surface area (Å²) in [6, 6.07) is 12.6. The Balaban J connectivity index is 1.57. The molecule has 3 rings (SSSR count). The van der Waals surface area contributed by atoms with Crippen LogP contribution in [0.2, 0.25) is 0 Å². The van der Waals surface area contributed by atoms with Crippen molar-refractivity contribution in [2.45, 2.75) is 13.5 Å². The molecular formula is C19H18FN5O4. The van der Waals surface area contributed by atoms with Gasteiger partial charge in [-0.2, -0.15) is 4.80 Å². The van der Waals surface area contributed by atoms with E-state index >= 15 is 0 Å². The topological polar surface area (TPSA) is 108 Å². The van der Waals surface area contributed by atoms with Gasteiger partial charge in [-0.05, 0) is 48.5 Å². The van der Waals surface area contributed by atoms with Crippen LogP contribution in [-0.2, 0) is 20.9 Å². The lowest BCUT2D eigenvalue weighted by Gasteiger charge is -2.06. The summed E-state index contributed by atoms with van der Waals surface area (Å²) in [6.45, 7) is 1.61. The van der Waals surface area contributed by atoms with E-state index in [2.05, 4.69) is 20.7 Å². The van der Waals surface area contributed by atoms with E-state index in [9.17, 15) is 14.0 Å². The standard InChI is InChI=1S/C19H18FN5O4/c1-2-28-18(27)12-29-14-9-7-13(8-10-14)19-22-24-25(23-19)11-17(26)21-16-6-4-3-5-15(16)20/h3-10H,2,11-12H2,1H3,(H,21,26). The van der Waals surface area contributed by atoms with Crippen LogP contribution in [0.3, 0.4) is 0 Å². The van der Waals surface area contributed by atoms with Gasteiger partial charge in [-0.15, -0.1) is 10.2 Å². The number of halogens is 1. The molecule has 0 fully saturated rings. The maximum absolute atomic E-state index is 13.6. The molecule has 9 nitrogen and oxygen atoms in total. The zero-order valence-corrected chi connectivity index (χ0v) is 15.5. The molecule has 0 saturated carbocycles. The first-order chi connectivity index (χ1) is 14.0. The number of nitrogens with one attached hydrogen (secondary N) is 1. The number of aromatic nitrogens is 4. The summed E-state index contributed by atoms with van der Waals surface area (Å²) < 4.78 is 23.7. The van der Waals surface area contributed by atoms with Crippen molar-refractivity contribution in [2.24, 2.45) is 0 Å². The van der Waals surface area contributed by atoms with E-state index in [4.69, 9.17) is 9.47 Å². The molecule has 1 aromatic heterocycles. The molecule has 0 saturated heterocycles. The van der Waals surface area contributed by atoms with Crippen LogP contribution in [0, 0.1) is 5.82 Å². The van der Waals surface area contributed by atoms with Crippen LogP contribution in [0.5, 0.6) is 5.75 Å². The molecule has 0 atom stereocenters. The monoisotopic (exact) mass is 399 g/mol. The normalized spacial score (nSPS) is 10.4. The van der Waals surface area contributed by atoms with Crippen molar-refractivity contribution >= 4 is 17.6 Å². The summed E-state index contributed by atoms with van der Waals surface area (Å²) in [5, 5.41) is 14.3. The Hall–Kier alpha value is -3.82. The van der Waals surface area contributed by atoms with Crippen molar-refractivity contribution in [2.75, 3.05) is 18.5 Å². The Bertz CT molecular complexity index is 990. The van der Waals surface area contributed by atoms with Crippen LogP contribution in [0.1, 0.15) is 6.92 Å². The number of benzene rings is 2. The molecule has 3 aromatic rings. The van der Waals surface area contributed by atoms with Crippen LogP contribution in [0.15, 0.2) is 48.5 Å². The fourth-order valence-corrected chi connectivity index (χ4v) is 2.35. The maximum Gasteiger partial charge on any atom is 0.344 e. The van der Waals surface area contributed by atoms with Crippen molar-refractivity contribution in [3.63, 3.8) is 0 Å². The lowest BCUT2D eigenvalue weighted by Crippen LogP contribution is -2.21. The van der Waals surface area contributed by atoms with Crippen molar-refractivity contribution in [3.8, 4) is 17.1 Å². The van der Waals surface area contributed by atoms with Crippen molar-refractivity contribution < 1.29 is 23.5 Å². The molecule has 0 aliphatic carbocycles. The molecule has 0 spiro atoms. The molecule has 0 unspecified atom stereocenters. The summed E-state index contributed by atoms with van der Waals surface area (Å²) in [4.78, 5) is 24.4. The van der Waals surface area contributed by atoms with Gasteiger partial charge in [0.05, 0.1) is 12.3 Å². The van der Waals surface area contributed by atoms with Gasteiger partial charge in [-0.3, -0.25) is 4.79 Å². The van der Waals surface area contributed by atoms with Gasteiger partial charge in [0.1, 0.15) is 18.1 Å². The Morgan fingerprint density at radius 2 is 1.90 bits per heavy atom. The number of nitrogens with zero attached hydrogens (tertiary/aromatic N) is 4. The summed E-state index contributed by atoms with van der Waals surface area (Å²) in [7, 11) is 0. The molecule has 29 heavy (non-hydrogen) atoms. The first-order valence-electron chi connectivity index (χ1n) is 8.76. The Morgan fingerprint density at radius 3 is 2.62 bits per heavy atom. The number of hydrogen-bond donors (Lipinski definition) is 1. The molecule has 0 aliphatic heterocycles. The smallest absolute Gasteiger partial charge is 0.344 e. The number of carbonyl (C=O) groups is 2. The second kappa shape index (κ2) is 9.40. The lowest BCUT2D eigenvalue weighted by atomic mass is 10.2.